The fourth-order valence-corrected chi connectivity index (χ4v) is 10.9. The number of aromatic nitrogens is 2. The van der Waals surface area contributed by atoms with Crippen LogP contribution in [0, 0.1) is 0 Å². The van der Waals surface area contributed by atoms with E-state index in [1.807, 2.05) is 36.0 Å². The average Bonchev–Trinajstić information content (AvgIpc) is 3.64. The van der Waals surface area contributed by atoms with E-state index in [2.05, 4.69) is 159 Å². The van der Waals surface area contributed by atoms with E-state index in [4.69, 9.17) is 9.97 Å². The van der Waals surface area contributed by atoms with E-state index < -0.39 is 5.41 Å². The normalized spacial score (nSPS) is 14.8. The molecule has 53 heavy (non-hydrogen) atoms. The minimum absolute atomic E-state index is 0.206. The Bertz CT molecular complexity index is 2680. The summed E-state index contributed by atoms with van der Waals surface area (Å²) in [7, 11) is 0. The first-order chi connectivity index (χ1) is 26.0. The van der Waals surface area contributed by atoms with Gasteiger partial charge in [-0.1, -0.05) is 177 Å². The molecule has 250 valence electrons. The van der Waals surface area contributed by atoms with Gasteiger partial charge in [0.25, 0.3) is 0 Å². The molecule has 3 aliphatic rings. The third-order valence-electron chi connectivity index (χ3n) is 11.7. The SMILES string of the molecule is CC1(C)c2ccc(-c3cc(-c4ccccc4)nc(-c4ccccc4)n3)cc2-c2ccc3c(c21)Sc1ccccc1C31c2ccccc2-c2ccccc21. The quantitative estimate of drug-likeness (QED) is 0.184. The van der Waals surface area contributed by atoms with Crippen LogP contribution < -0.4 is 0 Å². The topological polar surface area (TPSA) is 25.8 Å². The Morgan fingerprint density at radius 1 is 0.415 bits per heavy atom. The van der Waals surface area contributed by atoms with Crippen molar-refractivity contribution in [1.29, 1.82) is 0 Å². The van der Waals surface area contributed by atoms with E-state index >= 15 is 0 Å². The van der Waals surface area contributed by atoms with Gasteiger partial charge in [0.2, 0.25) is 0 Å². The van der Waals surface area contributed by atoms with Crippen molar-refractivity contribution in [2.24, 2.45) is 0 Å². The number of benzene rings is 7. The van der Waals surface area contributed by atoms with Gasteiger partial charge >= 0.3 is 0 Å². The Labute approximate surface area is 314 Å². The van der Waals surface area contributed by atoms with Crippen LogP contribution in [0.4, 0.5) is 0 Å². The van der Waals surface area contributed by atoms with E-state index in [1.54, 1.807) is 0 Å². The van der Waals surface area contributed by atoms with E-state index in [1.165, 1.54) is 65.4 Å². The summed E-state index contributed by atoms with van der Waals surface area (Å²) in [5, 5.41) is 0. The lowest BCUT2D eigenvalue weighted by atomic mass is 9.66. The Balaban J connectivity index is 1.13. The number of nitrogens with zero attached hydrogens (tertiary/aromatic N) is 2. The van der Waals surface area contributed by atoms with Crippen LogP contribution in [0.2, 0.25) is 0 Å². The summed E-state index contributed by atoms with van der Waals surface area (Å²) in [6.07, 6.45) is 0. The number of hydrogen-bond acceptors (Lipinski definition) is 3. The summed E-state index contributed by atoms with van der Waals surface area (Å²) in [4.78, 5) is 13.0. The zero-order chi connectivity index (χ0) is 35.3. The van der Waals surface area contributed by atoms with Crippen molar-refractivity contribution in [2.45, 2.75) is 34.5 Å². The molecule has 1 aliphatic heterocycles. The van der Waals surface area contributed by atoms with Gasteiger partial charge in [0.1, 0.15) is 0 Å². The van der Waals surface area contributed by atoms with Crippen LogP contribution in [0.3, 0.4) is 0 Å². The fourth-order valence-electron chi connectivity index (χ4n) is 9.44. The summed E-state index contributed by atoms with van der Waals surface area (Å²) >= 11 is 1.95. The highest BCUT2D eigenvalue weighted by molar-refractivity contribution is 7.99. The van der Waals surface area contributed by atoms with Crippen molar-refractivity contribution in [3.63, 3.8) is 0 Å². The zero-order valence-electron chi connectivity index (χ0n) is 29.5. The van der Waals surface area contributed by atoms with Gasteiger partial charge in [-0.05, 0) is 73.8 Å². The third-order valence-corrected chi connectivity index (χ3v) is 13.0. The monoisotopic (exact) mass is 694 g/mol. The predicted octanol–water partition coefficient (Wildman–Crippen LogP) is 12.6. The fraction of sp³-hybridized carbons (Fsp3) is 0.0800. The van der Waals surface area contributed by atoms with Crippen LogP contribution in [0.25, 0.3) is 56.2 Å². The van der Waals surface area contributed by atoms with Crippen molar-refractivity contribution in [3.8, 4) is 56.2 Å². The molecule has 3 heteroatoms. The first-order valence-corrected chi connectivity index (χ1v) is 19.1. The summed E-state index contributed by atoms with van der Waals surface area (Å²) in [5.74, 6) is 0.731. The molecule has 0 fully saturated rings. The molecular formula is C50H34N2S. The maximum absolute atomic E-state index is 5.19. The molecule has 11 rings (SSSR count). The predicted molar refractivity (Wildman–Crippen MR) is 217 cm³/mol. The zero-order valence-corrected chi connectivity index (χ0v) is 30.3. The molecule has 8 aromatic rings. The second kappa shape index (κ2) is 11.2. The molecule has 0 radical (unpaired) electrons. The lowest BCUT2D eigenvalue weighted by Gasteiger charge is -2.41. The van der Waals surface area contributed by atoms with Gasteiger partial charge in [-0.25, -0.2) is 9.97 Å². The van der Waals surface area contributed by atoms with Crippen LogP contribution in [0.1, 0.15) is 47.2 Å². The van der Waals surface area contributed by atoms with Crippen LogP contribution in [-0.2, 0) is 10.8 Å². The number of hydrogen-bond donors (Lipinski definition) is 0. The molecule has 7 aromatic carbocycles. The molecular weight excluding hydrogens is 661 g/mol. The molecule has 0 bridgehead atoms. The van der Waals surface area contributed by atoms with E-state index in [9.17, 15) is 0 Å². The highest BCUT2D eigenvalue weighted by Crippen LogP contribution is 2.65. The minimum Gasteiger partial charge on any atom is -0.228 e. The average molecular weight is 695 g/mol. The second-order valence-corrected chi connectivity index (χ2v) is 15.9. The maximum atomic E-state index is 5.19. The minimum atomic E-state index is -0.391. The molecule has 1 spiro atoms. The first-order valence-electron chi connectivity index (χ1n) is 18.3. The highest BCUT2D eigenvalue weighted by Gasteiger charge is 2.52. The van der Waals surface area contributed by atoms with Crippen LogP contribution in [0.15, 0.2) is 180 Å². The second-order valence-electron chi connectivity index (χ2n) is 14.9. The molecule has 2 heterocycles. The lowest BCUT2D eigenvalue weighted by Crippen LogP contribution is -2.33. The van der Waals surface area contributed by atoms with Crippen molar-refractivity contribution in [3.05, 3.63) is 203 Å². The van der Waals surface area contributed by atoms with Gasteiger partial charge in [-0.15, -0.1) is 0 Å². The van der Waals surface area contributed by atoms with Crippen molar-refractivity contribution < 1.29 is 0 Å². The van der Waals surface area contributed by atoms with Crippen molar-refractivity contribution in [1.82, 2.24) is 9.97 Å². The molecule has 0 unspecified atom stereocenters. The molecule has 0 atom stereocenters. The van der Waals surface area contributed by atoms with Crippen LogP contribution in [-0.4, -0.2) is 9.97 Å². The molecule has 1 aromatic heterocycles. The van der Waals surface area contributed by atoms with Gasteiger partial charge < -0.3 is 0 Å². The Morgan fingerprint density at radius 3 is 1.68 bits per heavy atom. The summed E-state index contributed by atoms with van der Waals surface area (Å²) < 4.78 is 0. The smallest absolute Gasteiger partial charge is 0.160 e. The standard InChI is InChI=1S/C50H34N2S/c1-49(2)38-27-25-33(44-30-43(31-15-5-3-6-16-31)51-48(52-44)32-17-7-4-8-18-32)29-37(38)36-26-28-42-47(46(36)49)53-45-24-14-13-23-41(45)50(42)39-21-11-9-19-34(39)35-20-10-12-22-40(35)50/h3-30H,1-2H3. The van der Waals surface area contributed by atoms with E-state index in [-0.39, 0.29) is 5.41 Å². The van der Waals surface area contributed by atoms with Gasteiger partial charge in [0.05, 0.1) is 16.8 Å². The summed E-state index contributed by atoms with van der Waals surface area (Å²) in [6, 6.07) is 61.9. The van der Waals surface area contributed by atoms with Gasteiger partial charge in [-0.3, -0.25) is 0 Å². The van der Waals surface area contributed by atoms with Crippen LogP contribution >= 0.6 is 11.8 Å². The molecule has 0 saturated carbocycles. The van der Waals surface area contributed by atoms with E-state index in [0.29, 0.717) is 0 Å². The summed E-state index contributed by atoms with van der Waals surface area (Å²) in [5.41, 5.74) is 18.0. The highest BCUT2D eigenvalue weighted by atomic mass is 32.2. The van der Waals surface area contributed by atoms with Gasteiger partial charge in [-0.2, -0.15) is 0 Å². The number of rotatable bonds is 3. The van der Waals surface area contributed by atoms with Gasteiger partial charge in [0, 0.05) is 31.9 Å². The molecule has 0 saturated heterocycles. The van der Waals surface area contributed by atoms with E-state index in [0.717, 1.165) is 33.9 Å². The van der Waals surface area contributed by atoms with Crippen molar-refractivity contribution in [2.75, 3.05) is 0 Å². The molecule has 0 amide bonds. The maximum Gasteiger partial charge on any atom is 0.160 e. The molecule has 0 N–H and O–H groups in total. The Kier molecular flexibility index (Phi) is 6.48. The largest absolute Gasteiger partial charge is 0.228 e. The molecule has 2 nitrogen and oxygen atoms in total. The van der Waals surface area contributed by atoms with Crippen LogP contribution in [0.5, 0.6) is 0 Å². The first kappa shape index (κ1) is 30.6. The van der Waals surface area contributed by atoms with Gasteiger partial charge in [0.15, 0.2) is 5.82 Å². The van der Waals surface area contributed by atoms with Crippen molar-refractivity contribution >= 4 is 11.8 Å². The lowest BCUT2D eigenvalue weighted by molar-refractivity contribution is 0.632. The third kappa shape index (κ3) is 4.23. The Hall–Kier alpha value is -6.03. The Morgan fingerprint density at radius 2 is 0.981 bits per heavy atom. The molecule has 2 aliphatic carbocycles. The number of fused-ring (bicyclic) bond motifs is 13. The summed E-state index contributed by atoms with van der Waals surface area (Å²) in [6.45, 7) is 4.82.